The van der Waals surface area contributed by atoms with Gasteiger partial charge in [-0.15, -0.1) is 0 Å². The monoisotopic (exact) mass is 340 g/mol. The van der Waals surface area contributed by atoms with Crippen molar-refractivity contribution in [3.63, 3.8) is 0 Å². The largest absolute Gasteiger partial charge is 0.382 e. The van der Waals surface area contributed by atoms with Gasteiger partial charge in [0, 0.05) is 26.4 Å². The molecular formula is C20H21FN2O2. The van der Waals surface area contributed by atoms with Crippen molar-refractivity contribution in [3.05, 3.63) is 71.5 Å². The summed E-state index contributed by atoms with van der Waals surface area (Å²) in [5.41, 5.74) is 2.96. The molecule has 1 aliphatic rings. The van der Waals surface area contributed by atoms with Gasteiger partial charge in [0.2, 0.25) is 6.10 Å². The fourth-order valence-corrected chi connectivity index (χ4v) is 2.80. The van der Waals surface area contributed by atoms with E-state index >= 15 is 0 Å². The van der Waals surface area contributed by atoms with E-state index in [-0.39, 0.29) is 11.7 Å². The molecule has 1 atom stereocenters. The maximum atomic E-state index is 12.9. The lowest BCUT2D eigenvalue weighted by Crippen LogP contribution is -2.37. The number of nitrogens with zero attached hydrogens (tertiary/aromatic N) is 2. The van der Waals surface area contributed by atoms with E-state index in [0.29, 0.717) is 19.4 Å². The Morgan fingerprint density at radius 2 is 1.88 bits per heavy atom. The van der Waals surface area contributed by atoms with Crippen LogP contribution < -0.4 is 0 Å². The van der Waals surface area contributed by atoms with Crippen molar-refractivity contribution in [2.24, 2.45) is 5.16 Å². The van der Waals surface area contributed by atoms with Gasteiger partial charge in [-0.2, -0.15) is 0 Å². The first kappa shape index (κ1) is 17.1. The third-order valence-electron chi connectivity index (χ3n) is 4.28. The van der Waals surface area contributed by atoms with E-state index in [0.717, 1.165) is 17.7 Å². The molecule has 1 amide bonds. The van der Waals surface area contributed by atoms with E-state index in [1.807, 2.05) is 30.3 Å². The predicted octanol–water partition coefficient (Wildman–Crippen LogP) is 3.21. The van der Waals surface area contributed by atoms with Crippen LogP contribution in [0.4, 0.5) is 4.39 Å². The lowest BCUT2D eigenvalue weighted by molar-refractivity contribution is -0.140. The third-order valence-corrected chi connectivity index (χ3v) is 4.28. The van der Waals surface area contributed by atoms with E-state index in [1.165, 1.54) is 17.7 Å². The van der Waals surface area contributed by atoms with Crippen LogP contribution >= 0.6 is 0 Å². The zero-order valence-corrected chi connectivity index (χ0v) is 14.2. The summed E-state index contributed by atoms with van der Waals surface area (Å²) in [6, 6.07) is 16.3. The topological polar surface area (TPSA) is 41.9 Å². The molecule has 0 bridgehead atoms. The van der Waals surface area contributed by atoms with E-state index in [4.69, 9.17) is 4.84 Å². The van der Waals surface area contributed by atoms with E-state index in [1.54, 1.807) is 24.1 Å². The Hall–Kier alpha value is -2.69. The maximum absolute atomic E-state index is 12.9. The van der Waals surface area contributed by atoms with Gasteiger partial charge in [0.1, 0.15) is 5.82 Å². The molecule has 130 valence electrons. The highest BCUT2D eigenvalue weighted by Gasteiger charge is 2.30. The molecule has 0 aromatic heterocycles. The zero-order chi connectivity index (χ0) is 17.6. The molecule has 3 rings (SSSR count). The molecule has 0 fully saturated rings. The van der Waals surface area contributed by atoms with Crippen LogP contribution in [0.1, 0.15) is 17.5 Å². The molecule has 0 spiro atoms. The number of hydrogen-bond acceptors (Lipinski definition) is 3. The second kappa shape index (κ2) is 7.92. The molecule has 2 aromatic carbocycles. The number of halogens is 1. The zero-order valence-electron chi connectivity index (χ0n) is 14.2. The van der Waals surface area contributed by atoms with Crippen molar-refractivity contribution in [1.29, 1.82) is 0 Å². The van der Waals surface area contributed by atoms with Crippen LogP contribution in [0, 0.1) is 5.82 Å². The highest BCUT2D eigenvalue weighted by Crippen LogP contribution is 2.17. The number of rotatable bonds is 6. The van der Waals surface area contributed by atoms with Crippen LogP contribution in [0.25, 0.3) is 0 Å². The van der Waals surface area contributed by atoms with Gasteiger partial charge in [0.15, 0.2) is 0 Å². The minimum atomic E-state index is -0.559. The van der Waals surface area contributed by atoms with Gasteiger partial charge in [-0.25, -0.2) is 4.39 Å². The SMILES string of the molecule is CN(CCc1ccccc1)C(=O)[C@H]1CC(Cc2ccc(F)cc2)=NO1. The summed E-state index contributed by atoms with van der Waals surface area (Å²) in [6.07, 6.45) is 1.29. The van der Waals surface area contributed by atoms with Gasteiger partial charge in [-0.3, -0.25) is 4.79 Å². The smallest absolute Gasteiger partial charge is 0.266 e. The minimum Gasteiger partial charge on any atom is -0.382 e. The number of carbonyl (C=O) groups excluding carboxylic acids is 1. The number of carbonyl (C=O) groups is 1. The van der Waals surface area contributed by atoms with E-state index < -0.39 is 6.10 Å². The molecule has 0 saturated heterocycles. The summed E-state index contributed by atoms with van der Waals surface area (Å²) in [6.45, 7) is 0.635. The Balaban J connectivity index is 1.48. The fraction of sp³-hybridized carbons (Fsp3) is 0.300. The summed E-state index contributed by atoms with van der Waals surface area (Å²) in [5, 5.41) is 4.03. The number of oxime groups is 1. The summed E-state index contributed by atoms with van der Waals surface area (Å²) in [5.74, 6) is -0.324. The van der Waals surface area contributed by atoms with Crippen LogP contribution in [0.3, 0.4) is 0 Å². The number of benzene rings is 2. The quantitative estimate of drug-likeness (QED) is 0.810. The molecule has 1 heterocycles. The molecule has 25 heavy (non-hydrogen) atoms. The first-order chi connectivity index (χ1) is 12.1. The molecule has 5 heteroatoms. The van der Waals surface area contributed by atoms with Crippen molar-refractivity contribution < 1.29 is 14.0 Å². The molecule has 0 unspecified atom stereocenters. The number of hydrogen-bond donors (Lipinski definition) is 0. The summed E-state index contributed by atoms with van der Waals surface area (Å²) in [7, 11) is 1.78. The first-order valence-electron chi connectivity index (χ1n) is 8.37. The van der Waals surface area contributed by atoms with Gasteiger partial charge in [0.05, 0.1) is 5.71 Å². The van der Waals surface area contributed by atoms with Gasteiger partial charge in [-0.05, 0) is 29.7 Å². The van der Waals surface area contributed by atoms with Crippen LogP contribution in [-0.4, -0.2) is 36.2 Å². The Kier molecular flexibility index (Phi) is 5.43. The van der Waals surface area contributed by atoms with Gasteiger partial charge >= 0.3 is 0 Å². The Labute approximate surface area is 146 Å². The highest BCUT2D eigenvalue weighted by molar-refractivity contribution is 5.93. The minimum absolute atomic E-state index is 0.0613. The van der Waals surface area contributed by atoms with Crippen LogP contribution in [0.5, 0.6) is 0 Å². The molecule has 0 saturated carbocycles. The molecule has 4 nitrogen and oxygen atoms in total. The second-order valence-corrected chi connectivity index (χ2v) is 6.25. The van der Waals surface area contributed by atoms with Crippen molar-refractivity contribution in [2.45, 2.75) is 25.4 Å². The lowest BCUT2D eigenvalue weighted by Gasteiger charge is -2.19. The second-order valence-electron chi connectivity index (χ2n) is 6.25. The molecule has 0 radical (unpaired) electrons. The van der Waals surface area contributed by atoms with Crippen molar-refractivity contribution >= 4 is 11.6 Å². The lowest BCUT2D eigenvalue weighted by atomic mass is 10.0. The third kappa shape index (κ3) is 4.66. The average molecular weight is 340 g/mol. The Morgan fingerprint density at radius 3 is 2.60 bits per heavy atom. The first-order valence-corrected chi connectivity index (χ1v) is 8.37. The van der Waals surface area contributed by atoms with E-state index in [9.17, 15) is 9.18 Å². The Bertz CT molecular complexity index is 744. The molecular weight excluding hydrogens is 319 g/mol. The average Bonchev–Trinajstić information content (AvgIpc) is 3.10. The standard InChI is InChI=1S/C20H21FN2O2/c1-23(12-11-15-5-3-2-4-6-15)20(24)19-14-18(22-25-19)13-16-7-9-17(21)10-8-16/h2-10,19H,11-14H2,1H3/t19-/m1/s1. The molecule has 0 N–H and O–H groups in total. The summed E-state index contributed by atoms with van der Waals surface area (Å²) < 4.78 is 12.9. The summed E-state index contributed by atoms with van der Waals surface area (Å²) >= 11 is 0. The normalized spacial score (nSPS) is 16.2. The van der Waals surface area contributed by atoms with Crippen LogP contribution in [-0.2, 0) is 22.5 Å². The highest BCUT2D eigenvalue weighted by atomic mass is 19.1. The van der Waals surface area contributed by atoms with E-state index in [2.05, 4.69) is 5.16 Å². The van der Waals surface area contributed by atoms with Gasteiger partial charge < -0.3 is 9.74 Å². The molecule has 1 aliphatic heterocycles. The van der Waals surface area contributed by atoms with Gasteiger partial charge in [-0.1, -0.05) is 47.6 Å². The fourth-order valence-electron chi connectivity index (χ4n) is 2.80. The van der Waals surface area contributed by atoms with Crippen LogP contribution in [0.15, 0.2) is 59.8 Å². The molecule has 0 aliphatic carbocycles. The van der Waals surface area contributed by atoms with Crippen LogP contribution in [0.2, 0.25) is 0 Å². The molecule has 2 aromatic rings. The predicted molar refractivity (Wildman–Crippen MR) is 94.8 cm³/mol. The number of amides is 1. The van der Waals surface area contributed by atoms with Gasteiger partial charge in [0.25, 0.3) is 5.91 Å². The van der Waals surface area contributed by atoms with Crippen molar-refractivity contribution in [1.82, 2.24) is 4.90 Å². The van der Waals surface area contributed by atoms with Crippen molar-refractivity contribution in [2.75, 3.05) is 13.6 Å². The summed E-state index contributed by atoms with van der Waals surface area (Å²) in [4.78, 5) is 19.5. The number of likely N-dealkylation sites (N-methyl/N-ethyl adjacent to an activating group) is 1. The maximum Gasteiger partial charge on any atom is 0.266 e. The Morgan fingerprint density at radius 1 is 1.16 bits per heavy atom. The van der Waals surface area contributed by atoms with Crippen molar-refractivity contribution in [3.8, 4) is 0 Å².